The van der Waals surface area contributed by atoms with Crippen LogP contribution < -0.4 is 10.2 Å². The van der Waals surface area contributed by atoms with E-state index in [0.29, 0.717) is 29.9 Å². The van der Waals surface area contributed by atoms with Gasteiger partial charge in [-0.25, -0.2) is 9.97 Å². The molecule has 2 fully saturated rings. The minimum absolute atomic E-state index is 0.0547. The largest absolute Gasteiger partial charge is 0.353 e. The third-order valence-electron chi connectivity index (χ3n) is 4.60. The third-order valence-corrected chi connectivity index (χ3v) is 5.64. The number of anilines is 1. The Morgan fingerprint density at radius 3 is 2.70 bits per heavy atom. The Morgan fingerprint density at radius 2 is 2.07 bits per heavy atom. The molecule has 2 amide bonds. The van der Waals surface area contributed by atoms with Crippen LogP contribution in [0, 0.1) is 5.92 Å². The molecule has 2 heterocycles. The molecule has 0 radical (unpaired) electrons. The molecule has 0 aromatic carbocycles. The molecule has 148 valence electrons. The number of nitrogens with zero attached hydrogens (tertiary/aromatic N) is 4. The Kier molecular flexibility index (Phi) is 6.47. The number of amides is 2. The van der Waals surface area contributed by atoms with Crippen LogP contribution in [0.4, 0.5) is 5.82 Å². The van der Waals surface area contributed by atoms with E-state index in [9.17, 15) is 9.59 Å². The zero-order chi connectivity index (χ0) is 19.6. The lowest BCUT2D eigenvalue weighted by molar-refractivity contribution is -0.135. The molecular weight excluding hydrogens is 386 g/mol. The van der Waals surface area contributed by atoms with Crippen molar-refractivity contribution in [3.63, 3.8) is 0 Å². The molecule has 27 heavy (non-hydrogen) atoms. The molecular formula is C18H26ClN5O2S. The number of carbonyl (C=O) groups is 2. The van der Waals surface area contributed by atoms with Crippen molar-refractivity contribution < 1.29 is 9.59 Å². The monoisotopic (exact) mass is 411 g/mol. The Balaban J connectivity index is 1.62. The highest BCUT2D eigenvalue weighted by molar-refractivity contribution is 7.99. The molecule has 1 aromatic heterocycles. The number of rotatable bonds is 6. The van der Waals surface area contributed by atoms with Crippen LogP contribution in [-0.2, 0) is 9.59 Å². The number of thioether (sulfide) groups is 1. The summed E-state index contributed by atoms with van der Waals surface area (Å²) in [7, 11) is 0. The van der Waals surface area contributed by atoms with E-state index in [1.54, 1.807) is 6.07 Å². The molecule has 1 aromatic rings. The quantitative estimate of drug-likeness (QED) is 0.439. The molecule has 1 atom stereocenters. The van der Waals surface area contributed by atoms with Crippen molar-refractivity contribution in [3.05, 3.63) is 11.2 Å². The lowest BCUT2D eigenvalue weighted by Gasteiger charge is -2.40. The summed E-state index contributed by atoms with van der Waals surface area (Å²) < 4.78 is 0. The fourth-order valence-electron chi connectivity index (χ4n) is 3.16. The van der Waals surface area contributed by atoms with Gasteiger partial charge in [-0.1, -0.05) is 23.4 Å². The van der Waals surface area contributed by atoms with Crippen LogP contribution in [0.2, 0.25) is 5.15 Å². The van der Waals surface area contributed by atoms with E-state index >= 15 is 0 Å². The first-order valence-corrected chi connectivity index (χ1v) is 10.7. The van der Waals surface area contributed by atoms with E-state index < -0.39 is 0 Å². The van der Waals surface area contributed by atoms with Gasteiger partial charge in [-0.3, -0.25) is 9.59 Å². The van der Waals surface area contributed by atoms with Gasteiger partial charge in [0, 0.05) is 43.7 Å². The number of hydrogen-bond donors (Lipinski definition) is 1. The van der Waals surface area contributed by atoms with Gasteiger partial charge in [0.2, 0.25) is 11.8 Å². The molecule has 9 heteroatoms. The fourth-order valence-corrected chi connectivity index (χ4v) is 4.06. The lowest BCUT2D eigenvalue weighted by Crippen LogP contribution is -2.54. The van der Waals surface area contributed by atoms with Crippen LogP contribution in [0.1, 0.15) is 33.6 Å². The predicted molar refractivity (Wildman–Crippen MR) is 107 cm³/mol. The average molecular weight is 412 g/mol. The van der Waals surface area contributed by atoms with Gasteiger partial charge in [-0.15, -0.1) is 0 Å². The third kappa shape index (κ3) is 5.48. The summed E-state index contributed by atoms with van der Waals surface area (Å²) in [5.74, 6) is 1.47. The van der Waals surface area contributed by atoms with Crippen molar-refractivity contribution >= 4 is 41.0 Å². The van der Waals surface area contributed by atoms with Crippen molar-refractivity contribution in [2.75, 3.05) is 30.3 Å². The summed E-state index contributed by atoms with van der Waals surface area (Å²) in [5.41, 5.74) is 0. The van der Waals surface area contributed by atoms with E-state index in [4.69, 9.17) is 11.6 Å². The Morgan fingerprint density at radius 1 is 1.33 bits per heavy atom. The van der Waals surface area contributed by atoms with Crippen LogP contribution >= 0.6 is 23.4 Å². The van der Waals surface area contributed by atoms with Gasteiger partial charge < -0.3 is 15.1 Å². The highest BCUT2D eigenvalue weighted by Gasteiger charge is 2.37. The number of halogens is 1. The summed E-state index contributed by atoms with van der Waals surface area (Å²) in [6.07, 6.45) is 2.05. The summed E-state index contributed by atoms with van der Waals surface area (Å²) in [4.78, 5) is 37.1. The van der Waals surface area contributed by atoms with Crippen molar-refractivity contribution in [3.8, 4) is 0 Å². The van der Waals surface area contributed by atoms with E-state index in [2.05, 4.69) is 27.1 Å². The molecule has 1 aliphatic heterocycles. The van der Waals surface area contributed by atoms with Crippen molar-refractivity contribution in [2.24, 2.45) is 5.92 Å². The van der Waals surface area contributed by atoms with Crippen LogP contribution in [0.25, 0.3) is 0 Å². The van der Waals surface area contributed by atoms with Crippen LogP contribution in [0.3, 0.4) is 0 Å². The maximum absolute atomic E-state index is 12.4. The molecule has 2 aliphatic rings. The zero-order valence-corrected chi connectivity index (χ0v) is 17.5. The maximum atomic E-state index is 12.4. The highest BCUT2D eigenvalue weighted by Crippen LogP contribution is 2.32. The average Bonchev–Trinajstić information content (AvgIpc) is 3.43. The van der Waals surface area contributed by atoms with Gasteiger partial charge in [0.25, 0.3) is 0 Å². The number of nitrogens with one attached hydrogen (secondary N) is 1. The van der Waals surface area contributed by atoms with Crippen LogP contribution in [0.5, 0.6) is 0 Å². The normalized spacial score (nSPS) is 20.1. The highest BCUT2D eigenvalue weighted by atomic mass is 35.5. The molecule has 1 aliphatic carbocycles. The summed E-state index contributed by atoms with van der Waals surface area (Å²) in [5, 5.41) is 3.69. The number of carbonyl (C=O) groups excluding carboxylic acids is 2. The van der Waals surface area contributed by atoms with E-state index in [1.165, 1.54) is 11.8 Å². The summed E-state index contributed by atoms with van der Waals surface area (Å²) in [6.45, 7) is 8.03. The number of aromatic nitrogens is 2. The number of piperazine rings is 1. The first-order chi connectivity index (χ1) is 12.8. The molecule has 0 bridgehead atoms. The van der Waals surface area contributed by atoms with Gasteiger partial charge in [0.1, 0.15) is 11.0 Å². The van der Waals surface area contributed by atoms with Gasteiger partial charge in [-0.2, -0.15) is 0 Å². The fraction of sp³-hybridized carbons (Fsp3) is 0.667. The Labute approximate surface area is 169 Å². The minimum atomic E-state index is -0.0547. The van der Waals surface area contributed by atoms with Crippen LogP contribution in [-0.4, -0.2) is 64.2 Å². The van der Waals surface area contributed by atoms with E-state index in [0.717, 1.165) is 18.7 Å². The lowest BCUT2D eigenvalue weighted by atomic mass is 10.1. The van der Waals surface area contributed by atoms with E-state index in [-0.39, 0.29) is 35.6 Å². The number of hydrogen-bond acceptors (Lipinski definition) is 6. The molecule has 1 saturated carbocycles. The van der Waals surface area contributed by atoms with Crippen molar-refractivity contribution in [2.45, 2.75) is 50.9 Å². The predicted octanol–water partition coefficient (Wildman–Crippen LogP) is 2.19. The molecule has 3 rings (SSSR count). The maximum Gasteiger partial charge on any atom is 0.230 e. The Hall–Kier alpha value is -1.54. The summed E-state index contributed by atoms with van der Waals surface area (Å²) in [6, 6.07) is 1.98. The molecule has 0 unspecified atom stereocenters. The van der Waals surface area contributed by atoms with Gasteiger partial charge >= 0.3 is 0 Å². The minimum Gasteiger partial charge on any atom is -0.353 e. The molecule has 7 nitrogen and oxygen atoms in total. The molecule has 1 N–H and O–H groups in total. The zero-order valence-electron chi connectivity index (χ0n) is 15.9. The molecule has 1 saturated heterocycles. The second-order valence-electron chi connectivity index (χ2n) is 7.44. The van der Waals surface area contributed by atoms with Crippen LogP contribution in [0.15, 0.2) is 11.2 Å². The first-order valence-electron chi connectivity index (χ1n) is 9.35. The topological polar surface area (TPSA) is 78.4 Å². The van der Waals surface area contributed by atoms with Gasteiger partial charge in [0.15, 0.2) is 5.16 Å². The SMILES string of the molecule is CC(C)NC(=O)CSc1nc(Cl)cc(N2CCN(C(=O)C3CC3)[C@H](C)C2)n1. The van der Waals surface area contributed by atoms with Gasteiger partial charge in [-0.05, 0) is 33.6 Å². The second kappa shape index (κ2) is 8.65. The first kappa shape index (κ1) is 20.2. The smallest absolute Gasteiger partial charge is 0.230 e. The Bertz CT molecular complexity index is 713. The van der Waals surface area contributed by atoms with Crippen molar-refractivity contribution in [1.82, 2.24) is 20.2 Å². The standard InChI is InChI=1S/C18H26ClN5O2S/c1-11(2)20-16(25)10-27-18-21-14(19)8-15(22-18)23-6-7-24(12(3)9-23)17(26)13-4-5-13/h8,11-13H,4-7,9-10H2,1-3H3,(H,20,25)/t12-/m1/s1. The van der Waals surface area contributed by atoms with E-state index in [1.807, 2.05) is 18.7 Å². The molecule has 0 spiro atoms. The van der Waals surface area contributed by atoms with Gasteiger partial charge in [0.05, 0.1) is 5.75 Å². The second-order valence-corrected chi connectivity index (χ2v) is 8.77. The summed E-state index contributed by atoms with van der Waals surface area (Å²) >= 11 is 7.45. The van der Waals surface area contributed by atoms with Crippen molar-refractivity contribution in [1.29, 1.82) is 0 Å².